The van der Waals surface area contributed by atoms with Gasteiger partial charge in [0.1, 0.15) is 5.75 Å². The van der Waals surface area contributed by atoms with Gasteiger partial charge in [0.15, 0.2) is 0 Å². The van der Waals surface area contributed by atoms with Crippen LogP contribution in [0.3, 0.4) is 0 Å². The Balaban J connectivity index is 1.88. The average molecular weight is 410 g/mol. The summed E-state index contributed by atoms with van der Waals surface area (Å²) in [7, 11) is -3.34. The number of phenolic OH excluding ortho intramolecular Hbond substituents is 1. The number of benzene rings is 3. The number of hydrogen-bond acceptors (Lipinski definition) is 4. The van der Waals surface area contributed by atoms with E-state index in [1.165, 1.54) is 4.90 Å². The lowest BCUT2D eigenvalue weighted by Gasteiger charge is -2.12. The maximum atomic E-state index is 11.6. The Morgan fingerprint density at radius 1 is 1.00 bits per heavy atom. The molecule has 0 unspecified atom stereocenters. The second kappa shape index (κ2) is 7.37. The van der Waals surface area contributed by atoms with Crippen LogP contribution in [0.5, 0.6) is 5.75 Å². The first-order chi connectivity index (χ1) is 13.4. The van der Waals surface area contributed by atoms with Gasteiger partial charge in [0, 0.05) is 16.3 Å². The Kier molecular flexibility index (Phi) is 4.91. The van der Waals surface area contributed by atoms with E-state index in [0.29, 0.717) is 5.69 Å². The van der Waals surface area contributed by atoms with Gasteiger partial charge in [0.25, 0.3) is 0 Å². The van der Waals surface area contributed by atoms with Crippen molar-refractivity contribution >= 4 is 39.1 Å². The summed E-state index contributed by atoms with van der Waals surface area (Å²) in [6, 6.07) is 21.0. The number of sulfonamides is 1. The predicted octanol–water partition coefficient (Wildman–Crippen LogP) is 4.96. The molecule has 0 amide bonds. The zero-order chi connectivity index (χ0) is 19.7. The smallest absolute Gasteiger partial charge is 0.229 e. The van der Waals surface area contributed by atoms with Gasteiger partial charge in [-0.3, -0.25) is 4.72 Å². The molecule has 6 heteroatoms. The molecule has 3 aromatic rings. The number of phenols is 1. The maximum absolute atomic E-state index is 11.6. The average Bonchev–Trinajstić information content (AvgIpc) is 2.78. The lowest BCUT2D eigenvalue weighted by atomic mass is 9.92. The summed E-state index contributed by atoms with van der Waals surface area (Å²) >= 11 is 1.74. The minimum Gasteiger partial charge on any atom is -0.508 e. The van der Waals surface area contributed by atoms with Crippen molar-refractivity contribution in [3.05, 3.63) is 89.0 Å². The molecule has 28 heavy (non-hydrogen) atoms. The van der Waals surface area contributed by atoms with Crippen LogP contribution in [-0.4, -0.2) is 19.8 Å². The highest BCUT2D eigenvalue weighted by Crippen LogP contribution is 2.41. The van der Waals surface area contributed by atoms with Crippen LogP contribution < -0.4 is 4.72 Å². The van der Waals surface area contributed by atoms with E-state index in [4.69, 9.17) is 0 Å². The van der Waals surface area contributed by atoms with Crippen LogP contribution in [0, 0.1) is 0 Å². The van der Waals surface area contributed by atoms with E-state index in [1.54, 1.807) is 23.9 Å². The monoisotopic (exact) mass is 409 g/mol. The van der Waals surface area contributed by atoms with E-state index in [1.807, 2.05) is 42.5 Å². The van der Waals surface area contributed by atoms with E-state index < -0.39 is 10.0 Å². The largest absolute Gasteiger partial charge is 0.508 e. The van der Waals surface area contributed by atoms with Gasteiger partial charge in [-0.2, -0.15) is 0 Å². The van der Waals surface area contributed by atoms with E-state index in [2.05, 4.69) is 22.9 Å². The number of nitrogens with one attached hydrogen (secondary N) is 1. The lowest BCUT2D eigenvalue weighted by Crippen LogP contribution is -2.09. The van der Waals surface area contributed by atoms with Crippen molar-refractivity contribution in [2.75, 3.05) is 11.0 Å². The Morgan fingerprint density at radius 2 is 1.82 bits per heavy atom. The standard InChI is InChI=1S/C22H19NO3S2/c1-28(25,26)23-17-6-4-5-15(11-17)12-21-19-10-9-18(24)13-16(19)14-27-22-8-3-2-7-20(21)22/h2-13,23-24H,14H2,1H3. The van der Waals surface area contributed by atoms with Crippen LogP contribution in [0.25, 0.3) is 11.6 Å². The van der Waals surface area contributed by atoms with Crippen LogP contribution in [-0.2, 0) is 15.8 Å². The first-order valence-corrected chi connectivity index (χ1v) is 11.6. The number of fused-ring (bicyclic) bond motifs is 2. The fourth-order valence-corrected chi connectivity index (χ4v) is 4.92. The molecule has 1 aliphatic heterocycles. The third kappa shape index (κ3) is 4.08. The van der Waals surface area contributed by atoms with Crippen molar-refractivity contribution in [1.82, 2.24) is 0 Å². The molecule has 0 spiro atoms. The highest BCUT2D eigenvalue weighted by molar-refractivity contribution is 7.98. The third-order valence-corrected chi connectivity index (χ3v) is 6.17. The highest BCUT2D eigenvalue weighted by atomic mass is 32.2. The molecule has 2 N–H and O–H groups in total. The number of rotatable bonds is 3. The van der Waals surface area contributed by atoms with Crippen LogP contribution in [0.2, 0.25) is 0 Å². The first kappa shape index (κ1) is 18.7. The van der Waals surface area contributed by atoms with Gasteiger partial charge in [-0.25, -0.2) is 8.42 Å². The zero-order valence-corrected chi connectivity index (χ0v) is 16.8. The van der Waals surface area contributed by atoms with Crippen molar-refractivity contribution in [2.24, 2.45) is 0 Å². The number of aromatic hydroxyl groups is 1. The molecule has 0 aromatic heterocycles. The summed E-state index contributed by atoms with van der Waals surface area (Å²) in [5.74, 6) is 1.03. The molecule has 0 aliphatic carbocycles. The van der Waals surface area contributed by atoms with Crippen LogP contribution >= 0.6 is 11.8 Å². The summed E-state index contributed by atoms with van der Waals surface area (Å²) in [4.78, 5) is 1.18. The quantitative estimate of drug-likeness (QED) is 0.642. The molecular formula is C22H19NO3S2. The molecule has 0 bridgehead atoms. The third-order valence-electron chi connectivity index (χ3n) is 4.44. The van der Waals surface area contributed by atoms with E-state index >= 15 is 0 Å². The first-order valence-electron chi connectivity index (χ1n) is 8.73. The molecule has 1 heterocycles. The molecule has 4 nitrogen and oxygen atoms in total. The summed E-state index contributed by atoms with van der Waals surface area (Å²) in [6.07, 6.45) is 3.20. The van der Waals surface area contributed by atoms with Gasteiger partial charge in [0.2, 0.25) is 10.0 Å². The minimum atomic E-state index is -3.34. The Bertz CT molecular complexity index is 1180. The summed E-state index contributed by atoms with van der Waals surface area (Å²) in [5, 5.41) is 9.92. The molecule has 0 fully saturated rings. The normalized spacial score (nSPS) is 14.8. The maximum Gasteiger partial charge on any atom is 0.229 e. The van der Waals surface area contributed by atoms with Crippen molar-refractivity contribution in [3.63, 3.8) is 0 Å². The Labute approximate surface area is 169 Å². The van der Waals surface area contributed by atoms with Crippen molar-refractivity contribution in [2.45, 2.75) is 10.6 Å². The molecule has 0 saturated carbocycles. The second-order valence-corrected chi connectivity index (χ2v) is 9.45. The van der Waals surface area contributed by atoms with Crippen molar-refractivity contribution in [3.8, 4) is 5.75 Å². The van der Waals surface area contributed by atoms with E-state index in [-0.39, 0.29) is 5.75 Å². The summed E-state index contributed by atoms with van der Waals surface area (Å²) in [6.45, 7) is 0. The van der Waals surface area contributed by atoms with Gasteiger partial charge in [0.05, 0.1) is 6.26 Å². The van der Waals surface area contributed by atoms with E-state index in [0.717, 1.165) is 39.8 Å². The molecule has 0 atom stereocenters. The number of anilines is 1. The molecule has 0 saturated heterocycles. The Hall–Kier alpha value is -2.70. The van der Waals surface area contributed by atoms with Crippen LogP contribution in [0.4, 0.5) is 5.69 Å². The van der Waals surface area contributed by atoms with Gasteiger partial charge in [-0.05, 0) is 64.2 Å². The van der Waals surface area contributed by atoms with Crippen LogP contribution in [0.15, 0.2) is 71.6 Å². The minimum absolute atomic E-state index is 0.254. The van der Waals surface area contributed by atoms with Gasteiger partial charge in [-0.1, -0.05) is 36.4 Å². The topological polar surface area (TPSA) is 66.4 Å². The van der Waals surface area contributed by atoms with Crippen LogP contribution in [0.1, 0.15) is 22.3 Å². The van der Waals surface area contributed by atoms with Gasteiger partial charge >= 0.3 is 0 Å². The molecular weight excluding hydrogens is 390 g/mol. The zero-order valence-electron chi connectivity index (χ0n) is 15.2. The fourth-order valence-electron chi connectivity index (χ4n) is 3.31. The summed E-state index contributed by atoms with van der Waals surface area (Å²) < 4.78 is 25.6. The predicted molar refractivity (Wildman–Crippen MR) is 116 cm³/mol. The molecule has 3 aromatic carbocycles. The lowest BCUT2D eigenvalue weighted by molar-refractivity contribution is 0.475. The second-order valence-electron chi connectivity index (χ2n) is 6.68. The van der Waals surface area contributed by atoms with Crippen molar-refractivity contribution in [1.29, 1.82) is 0 Å². The molecule has 4 rings (SSSR count). The highest BCUT2D eigenvalue weighted by Gasteiger charge is 2.19. The SMILES string of the molecule is CS(=O)(=O)Nc1cccc(C=C2c3ccc(O)cc3CSc3ccccc32)c1. The van der Waals surface area contributed by atoms with Gasteiger partial charge in [-0.15, -0.1) is 11.8 Å². The van der Waals surface area contributed by atoms with Gasteiger partial charge < -0.3 is 5.11 Å². The van der Waals surface area contributed by atoms with E-state index in [9.17, 15) is 13.5 Å². The number of thioether (sulfide) groups is 1. The molecule has 142 valence electrons. The Morgan fingerprint density at radius 3 is 2.64 bits per heavy atom. The summed E-state index contributed by atoms with van der Waals surface area (Å²) in [5.41, 5.74) is 5.73. The fraction of sp³-hybridized carbons (Fsp3) is 0.0909. The van der Waals surface area contributed by atoms with Crippen molar-refractivity contribution < 1.29 is 13.5 Å². The number of hydrogen-bond donors (Lipinski definition) is 2. The molecule has 0 radical (unpaired) electrons. The molecule has 1 aliphatic rings.